The number of unbranched alkanes of at least 4 members (excludes halogenated alkanes) is 1. The first-order chi connectivity index (χ1) is 19.3. The number of amides is 1. The van der Waals surface area contributed by atoms with E-state index < -0.39 is 27.8 Å². The van der Waals surface area contributed by atoms with Gasteiger partial charge in [-0.25, -0.2) is 9.18 Å². The van der Waals surface area contributed by atoms with Crippen molar-refractivity contribution in [1.29, 1.82) is 0 Å². The van der Waals surface area contributed by atoms with E-state index >= 15 is 0 Å². The fraction of sp³-hybridized carbons (Fsp3) is 0.200. The molecule has 208 valence electrons. The van der Waals surface area contributed by atoms with E-state index in [-0.39, 0.29) is 41.5 Å². The average molecular weight is 566 g/mol. The van der Waals surface area contributed by atoms with Crippen molar-refractivity contribution >= 4 is 22.0 Å². The number of carbonyl (C=O) groups is 2. The monoisotopic (exact) mass is 565 g/mol. The second-order valence-corrected chi connectivity index (χ2v) is 10.4. The molecule has 0 saturated carbocycles. The summed E-state index contributed by atoms with van der Waals surface area (Å²) >= 11 is 0. The van der Waals surface area contributed by atoms with Crippen LogP contribution < -0.4 is 4.18 Å². The fourth-order valence-corrected chi connectivity index (χ4v) is 5.00. The lowest BCUT2D eigenvalue weighted by molar-refractivity contribution is 0.0494. The molecule has 1 heterocycles. The van der Waals surface area contributed by atoms with Crippen LogP contribution >= 0.6 is 0 Å². The van der Waals surface area contributed by atoms with E-state index in [0.717, 1.165) is 6.42 Å². The second kappa shape index (κ2) is 13.1. The maximum Gasteiger partial charge on any atom is 0.340 e. The number of nitrogens with zero attached hydrogens (tertiary/aromatic N) is 1. The topological polar surface area (TPSA) is 103 Å². The maximum absolute atomic E-state index is 14.4. The highest BCUT2D eigenvalue weighted by atomic mass is 32.2. The van der Waals surface area contributed by atoms with Crippen molar-refractivity contribution in [3.05, 3.63) is 119 Å². The first kappa shape index (κ1) is 28.6. The highest BCUT2D eigenvalue weighted by Gasteiger charge is 2.25. The van der Waals surface area contributed by atoms with Crippen molar-refractivity contribution in [1.82, 2.24) is 4.90 Å². The smallest absolute Gasteiger partial charge is 0.340 e. The number of hydrogen-bond donors (Lipinski definition) is 0. The van der Waals surface area contributed by atoms with Crippen molar-refractivity contribution in [2.24, 2.45) is 0 Å². The molecule has 0 aliphatic heterocycles. The molecule has 4 aromatic rings. The van der Waals surface area contributed by atoms with E-state index in [4.69, 9.17) is 13.3 Å². The Morgan fingerprint density at radius 3 is 2.25 bits per heavy atom. The van der Waals surface area contributed by atoms with Gasteiger partial charge in [-0.1, -0.05) is 49.7 Å². The van der Waals surface area contributed by atoms with Gasteiger partial charge in [0.2, 0.25) is 0 Å². The number of furan rings is 1. The molecule has 0 N–H and O–H groups in total. The summed E-state index contributed by atoms with van der Waals surface area (Å²) in [5.41, 5.74) is 0.448. The second-order valence-electron chi connectivity index (χ2n) is 8.89. The number of hydrogen-bond acceptors (Lipinski definition) is 7. The summed E-state index contributed by atoms with van der Waals surface area (Å²) in [5, 5.41) is 0. The van der Waals surface area contributed by atoms with E-state index in [1.165, 1.54) is 59.7 Å². The number of halogens is 1. The highest BCUT2D eigenvalue weighted by molar-refractivity contribution is 7.87. The zero-order valence-electron chi connectivity index (χ0n) is 21.8. The van der Waals surface area contributed by atoms with Gasteiger partial charge in [0.05, 0.1) is 30.5 Å². The average Bonchev–Trinajstić information content (AvgIpc) is 3.47. The van der Waals surface area contributed by atoms with Crippen LogP contribution in [0.3, 0.4) is 0 Å². The van der Waals surface area contributed by atoms with Gasteiger partial charge < -0.3 is 18.2 Å². The Labute approximate surface area is 232 Å². The largest absolute Gasteiger partial charge is 0.467 e. The third kappa shape index (κ3) is 7.15. The van der Waals surface area contributed by atoms with Gasteiger partial charge in [-0.15, -0.1) is 0 Å². The van der Waals surface area contributed by atoms with Gasteiger partial charge in [0.25, 0.3) is 5.91 Å². The number of esters is 1. The van der Waals surface area contributed by atoms with E-state index in [9.17, 15) is 22.4 Å². The quantitative estimate of drug-likeness (QED) is 0.118. The molecule has 40 heavy (non-hydrogen) atoms. The van der Waals surface area contributed by atoms with Crippen LogP contribution in [-0.4, -0.2) is 31.8 Å². The van der Waals surface area contributed by atoms with Crippen molar-refractivity contribution in [3.8, 4) is 5.75 Å². The molecule has 0 bridgehead atoms. The minimum Gasteiger partial charge on any atom is -0.467 e. The number of ether oxygens (including phenoxy) is 1. The van der Waals surface area contributed by atoms with Crippen LogP contribution in [0.25, 0.3) is 0 Å². The summed E-state index contributed by atoms with van der Waals surface area (Å²) in [5.74, 6) is -1.39. The fourth-order valence-electron chi connectivity index (χ4n) is 3.88. The number of carbonyl (C=O) groups excluding carboxylic acids is 2. The maximum atomic E-state index is 14.4. The lowest BCUT2D eigenvalue weighted by Crippen LogP contribution is -2.30. The first-order valence-electron chi connectivity index (χ1n) is 12.6. The summed E-state index contributed by atoms with van der Waals surface area (Å²) in [6.07, 6.45) is 2.97. The molecule has 0 unspecified atom stereocenters. The van der Waals surface area contributed by atoms with Gasteiger partial charge >= 0.3 is 16.1 Å². The third-order valence-electron chi connectivity index (χ3n) is 5.93. The standard InChI is InChI=1S/C30H28FNO7S/c1-2-3-18-38-30(34)26-11-5-7-13-28(26)40(35,36)39-23-16-14-22(15-17-23)20-32(21-24-9-8-19-37-24)29(33)25-10-4-6-12-27(25)31/h4-17,19H,2-3,18,20-21H2,1H3. The Bertz CT molecular complexity index is 1550. The lowest BCUT2D eigenvalue weighted by Gasteiger charge is -2.22. The molecule has 0 saturated heterocycles. The van der Waals surface area contributed by atoms with Gasteiger partial charge in [-0.3, -0.25) is 4.79 Å². The molecule has 0 aliphatic carbocycles. The Kier molecular flexibility index (Phi) is 9.34. The molecular formula is C30H28FNO7S. The van der Waals surface area contributed by atoms with Gasteiger partial charge in [-0.2, -0.15) is 8.42 Å². The molecule has 8 nitrogen and oxygen atoms in total. The Morgan fingerprint density at radius 1 is 0.875 bits per heavy atom. The van der Waals surface area contributed by atoms with Crippen LogP contribution in [0.15, 0.2) is 101 Å². The summed E-state index contributed by atoms with van der Waals surface area (Å²) in [7, 11) is -4.36. The van der Waals surface area contributed by atoms with E-state index in [0.29, 0.717) is 17.7 Å². The van der Waals surface area contributed by atoms with Crippen LogP contribution in [0.5, 0.6) is 5.75 Å². The molecule has 0 aliphatic rings. The summed E-state index contributed by atoms with van der Waals surface area (Å²) in [6.45, 7) is 2.32. The predicted molar refractivity (Wildman–Crippen MR) is 145 cm³/mol. The SMILES string of the molecule is CCCCOC(=O)c1ccccc1S(=O)(=O)Oc1ccc(CN(Cc2ccco2)C(=O)c2ccccc2F)cc1. The van der Waals surface area contributed by atoms with Gasteiger partial charge in [0.1, 0.15) is 22.2 Å². The normalized spacial score (nSPS) is 11.2. The van der Waals surface area contributed by atoms with Crippen molar-refractivity contribution in [2.75, 3.05) is 6.61 Å². The van der Waals surface area contributed by atoms with Crippen LogP contribution in [0.1, 0.15) is 51.8 Å². The molecule has 10 heteroatoms. The highest BCUT2D eigenvalue weighted by Crippen LogP contribution is 2.24. The van der Waals surface area contributed by atoms with Crippen LogP contribution in [0, 0.1) is 5.82 Å². The van der Waals surface area contributed by atoms with Gasteiger partial charge in [0.15, 0.2) is 0 Å². The summed E-state index contributed by atoms with van der Waals surface area (Å²) < 4.78 is 56.3. The van der Waals surface area contributed by atoms with Gasteiger partial charge in [0, 0.05) is 6.54 Å². The summed E-state index contributed by atoms with van der Waals surface area (Å²) in [4.78, 5) is 26.8. The molecule has 4 rings (SSSR count). The van der Waals surface area contributed by atoms with Crippen LogP contribution in [0.4, 0.5) is 4.39 Å². The molecule has 0 spiro atoms. The Hall–Kier alpha value is -4.44. The zero-order chi connectivity index (χ0) is 28.5. The molecule has 1 aromatic heterocycles. The number of rotatable bonds is 12. The summed E-state index contributed by atoms with van der Waals surface area (Å²) in [6, 6.07) is 20.9. The zero-order valence-corrected chi connectivity index (χ0v) is 22.6. The molecule has 0 atom stereocenters. The molecule has 3 aromatic carbocycles. The Morgan fingerprint density at radius 2 is 1.57 bits per heavy atom. The minimum absolute atomic E-state index is 0.0101. The van der Waals surface area contributed by atoms with E-state index in [2.05, 4.69) is 0 Å². The Balaban J connectivity index is 1.51. The van der Waals surface area contributed by atoms with Crippen molar-refractivity contribution in [2.45, 2.75) is 37.8 Å². The van der Waals surface area contributed by atoms with Crippen molar-refractivity contribution < 1.29 is 35.7 Å². The molecule has 0 radical (unpaired) electrons. The van der Waals surface area contributed by atoms with Crippen LogP contribution in [-0.2, 0) is 27.9 Å². The number of benzene rings is 3. The molecular weight excluding hydrogens is 537 g/mol. The predicted octanol–water partition coefficient (Wildman–Crippen LogP) is 5.99. The third-order valence-corrected chi connectivity index (χ3v) is 7.23. The van der Waals surface area contributed by atoms with Crippen LogP contribution in [0.2, 0.25) is 0 Å². The minimum atomic E-state index is -4.36. The van der Waals surface area contributed by atoms with Gasteiger partial charge in [-0.05, 0) is 60.5 Å². The first-order valence-corrected chi connectivity index (χ1v) is 14.0. The lowest BCUT2D eigenvalue weighted by atomic mass is 10.1. The van der Waals surface area contributed by atoms with E-state index in [1.54, 1.807) is 36.4 Å². The van der Waals surface area contributed by atoms with Crippen molar-refractivity contribution in [3.63, 3.8) is 0 Å². The van der Waals surface area contributed by atoms with E-state index in [1.807, 2.05) is 6.92 Å². The molecule has 1 amide bonds. The molecule has 0 fully saturated rings.